The van der Waals surface area contributed by atoms with Crippen molar-refractivity contribution in [2.24, 2.45) is 0 Å². The van der Waals surface area contributed by atoms with E-state index in [1.165, 1.54) is 7.05 Å². The summed E-state index contributed by atoms with van der Waals surface area (Å²) in [5, 5.41) is 20.2. The highest BCUT2D eigenvalue weighted by molar-refractivity contribution is 5.83. The number of rotatable bonds is 1. The first-order valence-corrected chi connectivity index (χ1v) is 3.95. The van der Waals surface area contributed by atoms with Crippen LogP contribution in [0.15, 0.2) is 0 Å². The summed E-state index contributed by atoms with van der Waals surface area (Å²) in [5.74, 6) is -1.08. The molecule has 0 saturated carbocycles. The van der Waals surface area contributed by atoms with Crippen molar-refractivity contribution in [1.82, 2.24) is 10.2 Å². The number of aliphatic carboxylic acids is 1. The molecule has 2 unspecified atom stereocenters. The minimum Gasteiger partial charge on any atom is -0.480 e. The Balaban J connectivity index is 2.71. The third-order valence-electron chi connectivity index (χ3n) is 2.04. The summed E-state index contributed by atoms with van der Waals surface area (Å²) in [6.45, 7) is 0.0800. The SMILES string of the molecule is CNC(=O)N1CC(O)CC1C(=O)O. The van der Waals surface area contributed by atoms with E-state index in [-0.39, 0.29) is 13.0 Å². The zero-order chi connectivity index (χ0) is 10.0. The lowest BCUT2D eigenvalue weighted by Crippen LogP contribution is -2.44. The van der Waals surface area contributed by atoms with Gasteiger partial charge < -0.3 is 20.4 Å². The molecule has 1 fully saturated rings. The second kappa shape index (κ2) is 3.61. The Hall–Kier alpha value is -1.30. The highest BCUT2D eigenvalue weighted by atomic mass is 16.4. The minimum atomic E-state index is -1.08. The molecule has 2 amide bonds. The molecule has 0 aromatic heterocycles. The topological polar surface area (TPSA) is 89.9 Å². The first-order valence-electron chi connectivity index (χ1n) is 3.95. The molecule has 0 aromatic rings. The Bertz CT molecular complexity index is 231. The van der Waals surface area contributed by atoms with Crippen LogP contribution in [0.3, 0.4) is 0 Å². The molecule has 0 bridgehead atoms. The number of amides is 2. The van der Waals surface area contributed by atoms with Crippen LogP contribution in [-0.4, -0.2) is 52.9 Å². The van der Waals surface area contributed by atoms with E-state index in [9.17, 15) is 14.7 Å². The first-order chi connectivity index (χ1) is 6.06. The van der Waals surface area contributed by atoms with E-state index in [2.05, 4.69) is 5.32 Å². The zero-order valence-corrected chi connectivity index (χ0v) is 7.23. The second-order valence-electron chi connectivity index (χ2n) is 2.95. The molecule has 0 radical (unpaired) electrons. The molecule has 2 atom stereocenters. The number of urea groups is 1. The van der Waals surface area contributed by atoms with E-state index >= 15 is 0 Å². The summed E-state index contributed by atoms with van der Waals surface area (Å²) in [4.78, 5) is 22.9. The molecule has 1 rings (SSSR count). The van der Waals surface area contributed by atoms with Gasteiger partial charge in [0.05, 0.1) is 6.10 Å². The normalized spacial score (nSPS) is 27.4. The minimum absolute atomic E-state index is 0.0800. The van der Waals surface area contributed by atoms with Gasteiger partial charge in [-0.2, -0.15) is 0 Å². The lowest BCUT2D eigenvalue weighted by molar-refractivity contribution is -0.141. The fourth-order valence-electron chi connectivity index (χ4n) is 1.42. The smallest absolute Gasteiger partial charge is 0.326 e. The Morgan fingerprint density at radius 3 is 2.62 bits per heavy atom. The van der Waals surface area contributed by atoms with Gasteiger partial charge in [0.1, 0.15) is 6.04 Å². The van der Waals surface area contributed by atoms with Crippen LogP contribution in [0.1, 0.15) is 6.42 Å². The van der Waals surface area contributed by atoms with Gasteiger partial charge >= 0.3 is 12.0 Å². The number of likely N-dealkylation sites (tertiary alicyclic amines) is 1. The molecule has 0 aromatic carbocycles. The maximum absolute atomic E-state index is 11.1. The predicted molar refractivity (Wildman–Crippen MR) is 43.2 cm³/mol. The zero-order valence-electron chi connectivity index (χ0n) is 7.23. The molecule has 1 heterocycles. The van der Waals surface area contributed by atoms with Crippen LogP contribution in [0, 0.1) is 0 Å². The molecule has 6 nitrogen and oxygen atoms in total. The molecule has 13 heavy (non-hydrogen) atoms. The van der Waals surface area contributed by atoms with Gasteiger partial charge in [0, 0.05) is 20.0 Å². The summed E-state index contributed by atoms with van der Waals surface area (Å²) in [6, 6.07) is -1.38. The summed E-state index contributed by atoms with van der Waals surface area (Å²) in [5.41, 5.74) is 0. The van der Waals surface area contributed by atoms with Crippen LogP contribution in [0.25, 0.3) is 0 Å². The lowest BCUT2D eigenvalue weighted by atomic mass is 10.2. The number of carbonyl (C=O) groups excluding carboxylic acids is 1. The van der Waals surface area contributed by atoms with Gasteiger partial charge in [0.25, 0.3) is 0 Å². The number of β-amino-alcohol motifs (C(OH)–C–C–N with tert-alkyl or cyclic N) is 1. The van der Waals surface area contributed by atoms with Crippen LogP contribution in [-0.2, 0) is 4.79 Å². The van der Waals surface area contributed by atoms with E-state index in [0.29, 0.717) is 0 Å². The van der Waals surface area contributed by atoms with Gasteiger partial charge in [-0.1, -0.05) is 0 Å². The van der Waals surface area contributed by atoms with Crippen molar-refractivity contribution >= 4 is 12.0 Å². The van der Waals surface area contributed by atoms with Gasteiger partial charge in [-0.25, -0.2) is 9.59 Å². The van der Waals surface area contributed by atoms with Crippen molar-refractivity contribution in [3.05, 3.63) is 0 Å². The van der Waals surface area contributed by atoms with E-state index in [0.717, 1.165) is 4.90 Å². The van der Waals surface area contributed by atoms with Crippen molar-refractivity contribution in [1.29, 1.82) is 0 Å². The van der Waals surface area contributed by atoms with Crippen molar-refractivity contribution in [2.45, 2.75) is 18.6 Å². The average molecular weight is 188 g/mol. The monoisotopic (exact) mass is 188 g/mol. The van der Waals surface area contributed by atoms with Crippen molar-refractivity contribution in [2.75, 3.05) is 13.6 Å². The number of hydrogen-bond acceptors (Lipinski definition) is 3. The second-order valence-corrected chi connectivity index (χ2v) is 2.95. The average Bonchev–Trinajstić information content (AvgIpc) is 2.46. The molecule has 0 aliphatic carbocycles. The molecule has 3 N–H and O–H groups in total. The van der Waals surface area contributed by atoms with Gasteiger partial charge in [0.15, 0.2) is 0 Å². The van der Waals surface area contributed by atoms with Gasteiger partial charge in [-0.15, -0.1) is 0 Å². The standard InChI is InChI=1S/C7H12N2O4/c1-8-7(13)9-3-4(10)2-5(9)6(11)12/h4-5,10H,2-3H2,1H3,(H,8,13)(H,11,12). The van der Waals surface area contributed by atoms with Gasteiger partial charge in [-0.05, 0) is 0 Å². The number of carbonyl (C=O) groups is 2. The van der Waals surface area contributed by atoms with E-state index < -0.39 is 24.1 Å². The Morgan fingerprint density at radius 2 is 2.15 bits per heavy atom. The number of nitrogens with one attached hydrogen (secondary N) is 1. The fourth-order valence-corrected chi connectivity index (χ4v) is 1.42. The van der Waals surface area contributed by atoms with Crippen LogP contribution in [0.4, 0.5) is 4.79 Å². The van der Waals surface area contributed by atoms with Crippen molar-refractivity contribution < 1.29 is 19.8 Å². The van der Waals surface area contributed by atoms with Crippen LogP contribution < -0.4 is 5.32 Å². The largest absolute Gasteiger partial charge is 0.480 e. The van der Waals surface area contributed by atoms with Gasteiger partial charge in [0.2, 0.25) is 0 Å². The van der Waals surface area contributed by atoms with E-state index in [1.807, 2.05) is 0 Å². The number of nitrogens with zero attached hydrogens (tertiary/aromatic N) is 1. The summed E-state index contributed by atoms with van der Waals surface area (Å²) >= 11 is 0. The first kappa shape index (κ1) is 9.79. The Labute approximate surface area is 75.1 Å². The molecule has 1 saturated heterocycles. The summed E-state index contributed by atoms with van der Waals surface area (Å²) in [7, 11) is 1.42. The quantitative estimate of drug-likeness (QED) is 0.484. The molecular weight excluding hydrogens is 176 g/mol. The maximum Gasteiger partial charge on any atom is 0.326 e. The maximum atomic E-state index is 11.1. The third kappa shape index (κ3) is 1.89. The summed E-state index contributed by atoms with van der Waals surface area (Å²) < 4.78 is 0. The number of aliphatic hydroxyl groups excluding tert-OH is 1. The fraction of sp³-hybridized carbons (Fsp3) is 0.714. The van der Waals surface area contributed by atoms with Crippen molar-refractivity contribution in [3.8, 4) is 0 Å². The molecule has 0 spiro atoms. The van der Waals surface area contributed by atoms with E-state index in [1.54, 1.807) is 0 Å². The lowest BCUT2D eigenvalue weighted by Gasteiger charge is -2.19. The van der Waals surface area contributed by atoms with Crippen LogP contribution >= 0.6 is 0 Å². The molecule has 1 aliphatic rings. The van der Waals surface area contributed by atoms with E-state index in [4.69, 9.17) is 5.11 Å². The Kier molecular flexibility index (Phi) is 2.72. The summed E-state index contributed by atoms with van der Waals surface area (Å²) in [6.07, 6.45) is -0.638. The van der Waals surface area contributed by atoms with Crippen molar-refractivity contribution in [3.63, 3.8) is 0 Å². The highest BCUT2D eigenvalue weighted by Crippen LogP contribution is 2.17. The highest BCUT2D eigenvalue weighted by Gasteiger charge is 2.38. The molecule has 6 heteroatoms. The molecule has 74 valence electrons. The van der Waals surface area contributed by atoms with Crippen LogP contribution in [0.2, 0.25) is 0 Å². The molecular formula is C7H12N2O4. The Morgan fingerprint density at radius 1 is 1.54 bits per heavy atom. The van der Waals surface area contributed by atoms with Gasteiger partial charge in [-0.3, -0.25) is 0 Å². The predicted octanol–water partition coefficient (Wildman–Crippen LogP) is -1.15. The number of aliphatic hydroxyl groups is 1. The molecule has 1 aliphatic heterocycles. The number of hydrogen-bond donors (Lipinski definition) is 3. The number of carboxylic acid groups (broad SMARTS) is 1. The third-order valence-corrected chi connectivity index (χ3v) is 2.04. The number of carboxylic acids is 1. The van der Waals surface area contributed by atoms with Crippen LogP contribution in [0.5, 0.6) is 0 Å².